The third-order valence-electron chi connectivity index (χ3n) is 5.12. The molecule has 0 atom stereocenters. The smallest absolute Gasteiger partial charge is 0.313 e. The number of aryl methyl sites for hydroxylation is 1. The van der Waals surface area contributed by atoms with E-state index in [1.54, 1.807) is 66.7 Å². The molecular weight excluding hydrogens is 352 g/mol. The summed E-state index contributed by atoms with van der Waals surface area (Å²) in [6.45, 7) is 1.93. The van der Waals surface area contributed by atoms with Crippen LogP contribution in [0.5, 0.6) is 5.75 Å². The molecule has 0 heterocycles. The van der Waals surface area contributed by atoms with Crippen LogP contribution in [0.2, 0.25) is 0 Å². The maximum absolute atomic E-state index is 13.3. The first-order chi connectivity index (χ1) is 13.5. The first-order valence-corrected chi connectivity index (χ1v) is 9.04. The van der Waals surface area contributed by atoms with Crippen molar-refractivity contribution in [2.45, 2.75) is 18.8 Å². The number of hydrogen-bond donors (Lipinski definition) is 0. The van der Waals surface area contributed by atoms with Gasteiger partial charge in [-0.25, -0.2) is 0 Å². The van der Waals surface area contributed by atoms with Crippen LogP contribution in [-0.2, 0) is 10.2 Å². The van der Waals surface area contributed by atoms with Gasteiger partial charge in [0.05, 0.1) is 6.42 Å². The molecule has 0 saturated carbocycles. The summed E-state index contributed by atoms with van der Waals surface area (Å²) >= 11 is 0. The highest BCUT2D eigenvalue weighted by molar-refractivity contribution is 6.34. The molecule has 0 unspecified atom stereocenters. The van der Waals surface area contributed by atoms with E-state index in [1.807, 2.05) is 19.1 Å². The first kappa shape index (κ1) is 17.9. The number of benzene rings is 3. The molecule has 1 aliphatic carbocycles. The average Bonchev–Trinajstić information content (AvgIpc) is 2.93. The zero-order valence-corrected chi connectivity index (χ0v) is 15.3. The molecule has 0 amide bonds. The zero-order chi connectivity index (χ0) is 19.7. The molecule has 1 aliphatic rings. The second-order valence-corrected chi connectivity index (χ2v) is 6.94. The van der Waals surface area contributed by atoms with Crippen molar-refractivity contribution in [1.82, 2.24) is 0 Å². The summed E-state index contributed by atoms with van der Waals surface area (Å²) in [5, 5.41) is 0. The lowest BCUT2D eigenvalue weighted by Gasteiger charge is -2.25. The van der Waals surface area contributed by atoms with Crippen molar-refractivity contribution in [2.75, 3.05) is 0 Å². The summed E-state index contributed by atoms with van der Waals surface area (Å²) in [7, 11) is 0. The van der Waals surface area contributed by atoms with Crippen LogP contribution in [0.15, 0.2) is 78.9 Å². The Labute approximate surface area is 162 Å². The minimum absolute atomic E-state index is 0.347. The van der Waals surface area contributed by atoms with E-state index >= 15 is 0 Å². The molecule has 4 rings (SSSR count). The molecular formula is C24H18O4. The van der Waals surface area contributed by atoms with Crippen LogP contribution in [0.3, 0.4) is 0 Å². The van der Waals surface area contributed by atoms with Gasteiger partial charge in [-0.1, -0.05) is 72.3 Å². The molecule has 0 bridgehead atoms. The van der Waals surface area contributed by atoms with Crippen molar-refractivity contribution >= 4 is 17.5 Å². The van der Waals surface area contributed by atoms with E-state index in [-0.39, 0.29) is 18.0 Å². The fourth-order valence-electron chi connectivity index (χ4n) is 3.68. The third kappa shape index (κ3) is 2.83. The molecule has 0 aromatic heterocycles. The number of esters is 1. The highest BCUT2D eigenvalue weighted by Gasteiger charge is 2.55. The van der Waals surface area contributed by atoms with Gasteiger partial charge in [-0.2, -0.15) is 0 Å². The standard InChI is InChI=1S/C24H18O4/c1-16-11-13-18(14-12-16)28-21(25)15-24(17-7-3-2-4-8-17)22(26)19-9-5-6-10-20(19)23(24)27/h2-14H,15H2,1H3. The zero-order valence-electron chi connectivity index (χ0n) is 15.3. The number of carbonyl (C=O) groups is 3. The summed E-state index contributed by atoms with van der Waals surface area (Å²) < 4.78 is 5.43. The third-order valence-corrected chi connectivity index (χ3v) is 5.12. The lowest BCUT2D eigenvalue weighted by atomic mass is 9.73. The Bertz CT molecular complexity index is 1030. The minimum atomic E-state index is -1.59. The SMILES string of the molecule is Cc1ccc(OC(=O)CC2(c3ccccc3)C(=O)c3ccccc3C2=O)cc1. The summed E-state index contributed by atoms with van der Waals surface area (Å²) in [6.07, 6.45) is -0.350. The van der Waals surface area contributed by atoms with Crippen LogP contribution in [0.4, 0.5) is 0 Å². The van der Waals surface area contributed by atoms with Gasteiger partial charge < -0.3 is 4.74 Å². The van der Waals surface area contributed by atoms with Gasteiger partial charge in [0.1, 0.15) is 11.2 Å². The van der Waals surface area contributed by atoms with Gasteiger partial charge in [-0.05, 0) is 24.6 Å². The van der Waals surface area contributed by atoms with Gasteiger partial charge >= 0.3 is 5.97 Å². The maximum Gasteiger partial charge on any atom is 0.313 e. The molecule has 0 N–H and O–H groups in total. The molecule has 0 saturated heterocycles. The fraction of sp³-hybridized carbons (Fsp3) is 0.125. The van der Waals surface area contributed by atoms with Gasteiger partial charge in [-0.15, -0.1) is 0 Å². The highest BCUT2D eigenvalue weighted by Crippen LogP contribution is 2.42. The molecule has 3 aromatic carbocycles. The number of hydrogen-bond acceptors (Lipinski definition) is 4. The number of ketones is 2. The van der Waals surface area contributed by atoms with Crippen LogP contribution < -0.4 is 4.74 Å². The Kier molecular flexibility index (Phi) is 4.40. The summed E-state index contributed by atoms with van der Waals surface area (Å²) in [5.41, 5.74) is 0.644. The largest absolute Gasteiger partial charge is 0.426 e. The Balaban J connectivity index is 1.74. The normalized spacial score (nSPS) is 14.6. The number of Topliss-reactive ketones (excluding diaryl/α,β-unsaturated/α-hetero) is 2. The van der Waals surface area contributed by atoms with Crippen LogP contribution in [0, 0.1) is 6.92 Å². The van der Waals surface area contributed by atoms with Crippen molar-refractivity contribution in [3.63, 3.8) is 0 Å². The van der Waals surface area contributed by atoms with E-state index in [9.17, 15) is 14.4 Å². The number of rotatable bonds is 4. The van der Waals surface area contributed by atoms with Gasteiger partial charge in [-0.3, -0.25) is 14.4 Å². The molecule has 0 spiro atoms. The lowest BCUT2D eigenvalue weighted by Crippen LogP contribution is -2.41. The van der Waals surface area contributed by atoms with Crippen molar-refractivity contribution in [3.8, 4) is 5.75 Å². The van der Waals surface area contributed by atoms with Crippen molar-refractivity contribution in [1.29, 1.82) is 0 Å². The Morgan fingerprint density at radius 2 is 1.32 bits per heavy atom. The molecule has 138 valence electrons. The predicted molar refractivity (Wildman–Crippen MR) is 105 cm³/mol. The van der Waals surface area contributed by atoms with Crippen molar-refractivity contribution in [3.05, 3.63) is 101 Å². The van der Waals surface area contributed by atoms with E-state index in [4.69, 9.17) is 4.74 Å². The molecule has 4 heteroatoms. The number of ether oxygens (including phenoxy) is 1. The quantitative estimate of drug-likeness (QED) is 0.390. The maximum atomic E-state index is 13.3. The highest BCUT2D eigenvalue weighted by atomic mass is 16.5. The molecule has 0 radical (unpaired) electrons. The molecule has 3 aromatic rings. The van der Waals surface area contributed by atoms with Crippen molar-refractivity contribution < 1.29 is 19.1 Å². The molecule has 0 aliphatic heterocycles. The Morgan fingerprint density at radius 3 is 1.89 bits per heavy atom. The summed E-state index contributed by atoms with van der Waals surface area (Å²) in [6, 6.07) is 22.5. The Morgan fingerprint density at radius 1 is 0.786 bits per heavy atom. The number of carbonyl (C=O) groups excluding carboxylic acids is 3. The van der Waals surface area contributed by atoms with Gasteiger partial charge in [0.25, 0.3) is 0 Å². The van der Waals surface area contributed by atoms with Crippen LogP contribution in [-0.4, -0.2) is 17.5 Å². The molecule has 4 nitrogen and oxygen atoms in total. The topological polar surface area (TPSA) is 60.4 Å². The van der Waals surface area contributed by atoms with Gasteiger partial charge in [0.2, 0.25) is 0 Å². The Hall–Kier alpha value is -3.53. The second-order valence-electron chi connectivity index (χ2n) is 6.94. The van der Waals surface area contributed by atoms with E-state index in [0.717, 1.165) is 5.56 Å². The van der Waals surface area contributed by atoms with Gasteiger partial charge in [0, 0.05) is 11.1 Å². The van der Waals surface area contributed by atoms with Crippen LogP contribution in [0.25, 0.3) is 0 Å². The number of fused-ring (bicyclic) bond motifs is 1. The molecule has 28 heavy (non-hydrogen) atoms. The minimum Gasteiger partial charge on any atom is -0.426 e. The monoisotopic (exact) mass is 370 g/mol. The van der Waals surface area contributed by atoms with E-state index in [0.29, 0.717) is 22.4 Å². The van der Waals surface area contributed by atoms with E-state index in [2.05, 4.69) is 0 Å². The predicted octanol–water partition coefficient (Wildman–Crippen LogP) is 4.31. The molecule has 0 fully saturated rings. The second kappa shape index (κ2) is 6.89. The van der Waals surface area contributed by atoms with E-state index < -0.39 is 11.4 Å². The van der Waals surface area contributed by atoms with Crippen LogP contribution in [0.1, 0.15) is 38.3 Å². The van der Waals surface area contributed by atoms with Crippen molar-refractivity contribution in [2.24, 2.45) is 0 Å². The summed E-state index contributed by atoms with van der Waals surface area (Å²) in [4.78, 5) is 39.4. The first-order valence-electron chi connectivity index (χ1n) is 9.04. The summed E-state index contributed by atoms with van der Waals surface area (Å²) in [5.74, 6) is -0.961. The average molecular weight is 370 g/mol. The van der Waals surface area contributed by atoms with Gasteiger partial charge in [0.15, 0.2) is 11.6 Å². The fourth-order valence-corrected chi connectivity index (χ4v) is 3.68. The van der Waals surface area contributed by atoms with E-state index in [1.165, 1.54) is 0 Å². The lowest BCUT2D eigenvalue weighted by molar-refractivity contribution is -0.135. The van der Waals surface area contributed by atoms with Crippen LogP contribution >= 0.6 is 0 Å².